The summed E-state index contributed by atoms with van der Waals surface area (Å²) in [7, 11) is 0. The number of rotatable bonds is 3. The summed E-state index contributed by atoms with van der Waals surface area (Å²) >= 11 is 0. The number of nitrogens with one attached hydrogen (secondary N) is 1. The molecular formula is C16H23NO. The van der Waals surface area contributed by atoms with E-state index in [1.54, 1.807) is 0 Å². The second kappa shape index (κ2) is 6.03. The largest absolute Gasteiger partial charge is 0.353 e. The van der Waals surface area contributed by atoms with E-state index in [0.29, 0.717) is 12.5 Å². The van der Waals surface area contributed by atoms with E-state index >= 15 is 0 Å². The van der Waals surface area contributed by atoms with Crippen molar-refractivity contribution >= 4 is 5.91 Å². The Bertz CT molecular complexity index is 405. The Morgan fingerprint density at radius 3 is 2.67 bits per heavy atom. The van der Waals surface area contributed by atoms with E-state index in [-0.39, 0.29) is 5.91 Å². The number of aryl methyl sites for hydroxylation is 1. The standard InChI is InChI=1S/C16H23NO/c1-12-6-8-15(9-7-12)17-16(18)11-14-5-3-4-13(2)10-14/h3-5,10,12,15H,6-9,11H2,1-2H3,(H,17,18). The summed E-state index contributed by atoms with van der Waals surface area (Å²) in [4.78, 5) is 12.0. The van der Waals surface area contributed by atoms with Crippen LogP contribution in [-0.4, -0.2) is 11.9 Å². The van der Waals surface area contributed by atoms with Crippen molar-refractivity contribution in [3.05, 3.63) is 35.4 Å². The molecule has 0 bridgehead atoms. The molecule has 1 N–H and O–H groups in total. The van der Waals surface area contributed by atoms with Crippen LogP contribution in [0.5, 0.6) is 0 Å². The molecule has 1 amide bonds. The van der Waals surface area contributed by atoms with Crippen molar-refractivity contribution in [2.24, 2.45) is 5.92 Å². The Morgan fingerprint density at radius 2 is 2.00 bits per heavy atom. The first-order valence-corrected chi connectivity index (χ1v) is 6.98. The summed E-state index contributed by atoms with van der Waals surface area (Å²) in [6, 6.07) is 8.58. The Hall–Kier alpha value is -1.31. The van der Waals surface area contributed by atoms with Gasteiger partial charge in [-0.3, -0.25) is 4.79 Å². The highest BCUT2D eigenvalue weighted by molar-refractivity contribution is 5.78. The van der Waals surface area contributed by atoms with E-state index in [1.165, 1.54) is 18.4 Å². The normalized spacial score (nSPS) is 23.7. The number of carbonyl (C=O) groups excluding carboxylic acids is 1. The van der Waals surface area contributed by atoms with Gasteiger partial charge in [-0.1, -0.05) is 36.8 Å². The average Bonchev–Trinajstić information content (AvgIpc) is 2.32. The van der Waals surface area contributed by atoms with Gasteiger partial charge in [-0.05, 0) is 44.1 Å². The van der Waals surface area contributed by atoms with Crippen LogP contribution in [0.15, 0.2) is 24.3 Å². The van der Waals surface area contributed by atoms with Crippen molar-refractivity contribution in [2.75, 3.05) is 0 Å². The summed E-state index contributed by atoms with van der Waals surface area (Å²) in [6.45, 7) is 4.36. The molecule has 0 unspecified atom stereocenters. The fraction of sp³-hybridized carbons (Fsp3) is 0.562. The number of hydrogen-bond acceptors (Lipinski definition) is 1. The van der Waals surface area contributed by atoms with Crippen LogP contribution in [0.1, 0.15) is 43.7 Å². The monoisotopic (exact) mass is 245 g/mol. The topological polar surface area (TPSA) is 29.1 Å². The molecule has 0 atom stereocenters. The molecule has 1 aromatic carbocycles. The second-order valence-corrected chi connectivity index (χ2v) is 5.69. The molecule has 98 valence electrons. The first kappa shape index (κ1) is 13.1. The predicted octanol–water partition coefficient (Wildman–Crippen LogP) is 3.23. The van der Waals surface area contributed by atoms with Crippen LogP contribution >= 0.6 is 0 Å². The van der Waals surface area contributed by atoms with Gasteiger partial charge in [-0.2, -0.15) is 0 Å². The molecule has 1 fully saturated rings. The van der Waals surface area contributed by atoms with Crippen LogP contribution < -0.4 is 5.32 Å². The lowest BCUT2D eigenvalue weighted by Gasteiger charge is -2.26. The van der Waals surface area contributed by atoms with E-state index in [9.17, 15) is 4.79 Å². The third kappa shape index (κ3) is 3.86. The quantitative estimate of drug-likeness (QED) is 0.870. The summed E-state index contributed by atoms with van der Waals surface area (Å²) < 4.78 is 0. The van der Waals surface area contributed by atoms with Gasteiger partial charge in [-0.25, -0.2) is 0 Å². The number of benzene rings is 1. The molecule has 2 heteroatoms. The molecule has 1 aromatic rings. The van der Waals surface area contributed by atoms with Crippen molar-refractivity contribution in [3.8, 4) is 0 Å². The van der Waals surface area contributed by atoms with Crippen LogP contribution in [0.4, 0.5) is 0 Å². The van der Waals surface area contributed by atoms with Crippen LogP contribution in [0.25, 0.3) is 0 Å². The molecule has 18 heavy (non-hydrogen) atoms. The zero-order valence-electron chi connectivity index (χ0n) is 11.4. The van der Waals surface area contributed by atoms with Gasteiger partial charge < -0.3 is 5.32 Å². The van der Waals surface area contributed by atoms with Gasteiger partial charge in [0.15, 0.2) is 0 Å². The van der Waals surface area contributed by atoms with Crippen LogP contribution in [0.2, 0.25) is 0 Å². The van der Waals surface area contributed by atoms with Crippen LogP contribution in [-0.2, 0) is 11.2 Å². The molecule has 2 rings (SSSR count). The van der Waals surface area contributed by atoms with Gasteiger partial charge in [-0.15, -0.1) is 0 Å². The number of hydrogen-bond donors (Lipinski definition) is 1. The van der Waals surface area contributed by atoms with Crippen molar-refractivity contribution in [1.82, 2.24) is 5.32 Å². The molecule has 1 aliphatic carbocycles. The summed E-state index contributed by atoms with van der Waals surface area (Å²) in [5.74, 6) is 0.995. The summed E-state index contributed by atoms with van der Waals surface area (Å²) in [6.07, 6.45) is 5.28. The lowest BCUT2D eigenvalue weighted by molar-refractivity contribution is -0.121. The molecule has 0 radical (unpaired) electrons. The van der Waals surface area contributed by atoms with E-state index in [1.807, 2.05) is 12.1 Å². The summed E-state index contributed by atoms with van der Waals surface area (Å²) in [5.41, 5.74) is 2.32. The van der Waals surface area contributed by atoms with E-state index in [2.05, 4.69) is 31.3 Å². The highest BCUT2D eigenvalue weighted by atomic mass is 16.1. The fourth-order valence-corrected chi connectivity index (χ4v) is 2.69. The van der Waals surface area contributed by atoms with E-state index < -0.39 is 0 Å². The zero-order chi connectivity index (χ0) is 13.0. The van der Waals surface area contributed by atoms with E-state index in [0.717, 1.165) is 24.3 Å². The predicted molar refractivity (Wildman–Crippen MR) is 74.4 cm³/mol. The molecule has 0 spiro atoms. The molecule has 0 heterocycles. The number of carbonyl (C=O) groups is 1. The maximum atomic E-state index is 12.0. The Kier molecular flexibility index (Phi) is 4.40. The molecular weight excluding hydrogens is 222 g/mol. The summed E-state index contributed by atoms with van der Waals surface area (Å²) in [5, 5.41) is 3.17. The maximum absolute atomic E-state index is 12.0. The molecule has 0 aliphatic heterocycles. The van der Waals surface area contributed by atoms with Crippen molar-refractivity contribution in [3.63, 3.8) is 0 Å². The van der Waals surface area contributed by atoms with Crippen LogP contribution in [0.3, 0.4) is 0 Å². The fourth-order valence-electron chi connectivity index (χ4n) is 2.69. The average molecular weight is 245 g/mol. The van der Waals surface area contributed by atoms with Crippen molar-refractivity contribution in [2.45, 2.75) is 52.0 Å². The lowest BCUT2D eigenvalue weighted by Crippen LogP contribution is -2.38. The SMILES string of the molecule is Cc1cccc(CC(=O)NC2CCC(C)CC2)c1. The Balaban J connectivity index is 1.82. The molecule has 0 aromatic heterocycles. The van der Waals surface area contributed by atoms with Crippen LogP contribution in [0, 0.1) is 12.8 Å². The van der Waals surface area contributed by atoms with Gasteiger partial charge in [0.1, 0.15) is 0 Å². The number of amides is 1. The van der Waals surface area contributed by atoms with Crippen molar-refractivity contribution < 1.29 is 4.79 Å². The van der Waals surface area contributed by atoms with Gasteiger partial charge in [0, 0.05) is 6.04 Å². The molecule has 0 saturated heterocycles. The van der Waals surface area contributed by atoms with E-state index in [4.69, 9.17) is 0 Å². The highest BCUT2D eigenvalue weighted by Gasteiger charge is 2.19. The maximum Gasteiger partial charge on any atom is 0.224 e. The third-order valence-electron chi connectivity index (χ3n) is 3.83. The lowest BCUT2D eigenvalue weighted by atomic mass is 9.87. The first-order chi connectivity index (χ1) is 8.63. The van der Waals surface area contributed by atoms with Gasteiger partial charge in [0.05, 0.1) is 6.42 Å². The Morgan fingerprint density at radius 1 is 1.28 bits per heavy atom. The van der Waals surface area contributed by atoms with Gasteiger partial charge in [0.2, 0.25) is 5.91 Å². The van der Waals surface area contributed by atoms with Crippen molar-refractivity contribution in [1.29, 1.82) is 0 Å². The molecule has 1 saturated carbocycles. The molecule has 2 nitrogen and oxygen atoms in total. The van der Waals surface area contributed by atoms with Gasteiger partial charge >= 0.3 is 0 Å². The smallest absolute Gasteiger partial charge is 0.224 e. The second-order valence-electron chi connectivity index (χ2n) is 5.69. The highest BCUT2D eigenvalue weighted by Crippen LogP contribution is 2.23. The minimum atomic E-state index is 0.167. The minimum Gasteiger partial charge on any atom is -0.353 e. The Labute approximate surface area is 110 Å². The molecule has 1 aliphatic rings. The minimum absolute atomic E-state index is 0.167. The first-order valence-electron chi connectivity index (χ1n) is 6.98. The zero-order valence-corrected chi connectivity index (χ0v) is 11.4. The third-order valence-corrected chi connectivity index (χ3v) is 3.83. The van der Waals surface area contributed by atoms with Gasteiger partial charge in [0.25, 0.3) is 0 Å².